The van der Waals surface area contributed by atoms with Gasteiger partial charge in [-0.1, -0.05) is 30.3 Å². The Morgan fingerprint density at radius 1 is 0.933 bits per heavy atom. The minimum absolute atomic E-state index is 0.0685. The molecule has 1 aliphatic heterocycles. The van der Waals surface area contributed by atoms with Crippen LogP contribution in [0.25, 0.3) is 11.4 Å². The predicted molar refractivity (Wildman–Crippen MR) is 116 cm³/mol. The monoisotopic (exact) mass is 407 g/mol. The second kappa shape index (κ2) is 9.65. The second-order valence-corrected chi connectivity index (χ2v) is 7.48. The van der Waals surface area contributed by atoms with Crippen LogP contribution in [0.5, 0.6) is 0 Å². The van der Waals surface area contributed by atoms with E-state index in [0.29, 0.717) is 12.2 Å². The lowest BCUT2D eigenvalue weighted by molar-refractivity contribution is -0.117. The van der Waals surface area contributed by atoms with Crippen molar-refractivity contribution >= 4 is 11.6 Å². The first-order valence-electron chi connectivity index (χ1n) is 10.2. The van der Waals surface area contributed by atoms with Gasteiger partial charge in [-0.05, 0) is 24.3 Å². The number of halogens is 1. The van der Waals surface area contributed by atoms with Crippen molar-refractivity contribution in [2.24, 2.45) is 0 Å². The average Bonchev–Trinajstić information content (AvgIpc) is 3.24. The highest BCUT2D eigenvalue weighted by Gasteiger charge is 2.19. The molecule has 6 nitrogen and oxygen atoms in total. The lowest BCUT2D eigenvalue weighted by Crippen LogP contribution is -2.49. The minimum atomic E-state index is -0.310. The third-order valence-corrected chi connectivity index (χ3v) is 5.36. The van der Waals surface area contributed by atoms with E-state index < -0.39 is 0 Å². The minimum Gasteiger partial charge on any atom is -0.330 e. The van der Waals surface area contributed by atoms with Crippen LogP contribution in [-0.4, -0.2) is 64.5 Å². The number of rotatable bonds is 7. The number of benzene rings is 2. The molecule has 1 aliphatic rings. The molecule has 0 unspecified atom stereocenters. The maximum absolute atomic E-state index is 13.0. The first-order valence-corrected chi connectivity index (χ1v) is 10.2. The molecule has 2 heterocycles. The summed E-state index contributed by atoms with van der Waals surface area (Å²) >= 11 is 0. The third-order valence-electron chi connectivity index (χ3n) is 5.36. The lowest BCUT2D eigenvalue weighted by Gasteiger charge is -2.34. The standard InChI is InChI=1S/C23H26FN5O/c24-20-6-8-21(9-7-20)26-22(30)18-28-14-12-27(13-15-28)16-17-29-11-10-25-23(29)19-4-2-1-3-5-19/h1-11H,12-18H2,(H,26,30). The largest absolute Gasteiger partial charge is 0.330 e. The van der Waals surface area contributed by atoms with Crippen LogP contribution in [0.3, 0.4) is 0 Å². The number of carbonyl (C=O) groups is 1. The van der Waals surface area contributed by atoms with Crippen LogP contribution in [0.4, 0.5) is 10.1 Å². The van der Waals surface area contributed by atoms with Crippen LogP contribution in [0, 0.1) is 5.82 Å². The Balaban J connectivity index is 1.21. The summed E-state index contributed by atoms with van der Waals surface area (Å²) in [6.07, 6.45) is 3.87. The molecule has 1 aromatic heterocycles. The molecular weight excluding hydrogens is 381 g/mol. The van der Waals surface area contributed by atoms with Gasteiger partial charge < -0.3 is 9.88 Å². The number of nitrogens with one attached hydrogen (secondary N) is 1. The third kappa shape index (κ3) is 5.31. The summed E-state index contributed by atoms with van der Waals surface area (Å²) in [7, 11) is 0. The van der Waals surface area contributed by atoms with Gasteiger partial charge in [0.2, 0.25) is 5.91 Å². The van der Waals surface area contributed by atoms with Crippen molar-refractivity contribution in [3.05, 3.63) is 72.8 Å². The molecule has 2 aromatic carbocycles. The van der Waals surface area contributed by atoms with Gasteiger partial charge in [0.15, 0.2) is 0 Å². The van der Waals surface area contributed by atoms with E-state index in [2.05, 4.69) is 36.8 Å². The fourth-order valence-corrected chi connectivity index (χ4v) is 3.69. The summed E-state index contributed by atoms with van der Waals surface area (Å²) in [4.78, 5) is 21.3. The van der Waals surface area contributed by atoms with Crippen LogP contribution in [0.1, 0.15) is 0 Å². The topological polar surface area (TPSA) is 53.4 Å². The van der Waals surface area contributed by atoms with Crippen LogP contribution >= 0.6 is 0 Å². The highest BCUT2D eigenvalue weighted by atomic mass is 19.1. The van der Waals surface area contributed by atoms with Crippen molar-refractivity contribution < 1.29 is 9.18 Å². The highest BCUT2D eigenvalue weighted by molar-refractivity contribution is 5.92. The molecule has 0 radical (unpaired) electrons. The molecule has 1 fully saturated rings. The smallest absolute Gasteiger partial charge is 0.238 e. The van der Waals surface area contributed by atoms with Gasteiger partial charge in [0.1, 0.15) is 11.6 Å². The summed E-state index contributed by atoms with van der Waals surface area (Å²) in [5, 5.41) is 2.82. The molecule has 30 heavy (non-hydrogen) atoms. The Morgan fingerprint density at radius 2 is 1.63 bits per heavy atom. The van der Waals surface area contributed by atoms with Gasteiger partial charge in [0.05, 0.1) is 6.54 Å². The van der Waals surface area contributed by atoms with Gasteiger partial charge in [-0.2, -0.15) is 0 Å². The Kier molecular flexibility index (Phi) is 6.51. The van der Waals surface area contributed by atoms with E-state index >= 15 is 0 Å². The molecule has 7 heteroatoms. The molecule has 156 valence electrons. The zero-order valence-corrected chi connectivity index (χ0v) is 16.9. The van der Waals surface area contributed by atoms with Gasteiger partial charge in [-0.3, -0.25) is 14.6 Å². The van der Waals surface area contributed by atoms with Crippen molar-refractivity contribution in [2.45, 2.75) is 6.54 Å². The van der Waals surface area contributed by atoms with Crippen LogP contribution in [0.2, 0.25) is 0 Å². The molecule has 1 saturated heterocycles. The second-order valence-electron chi connectivity index (χ2n) is 7.48. The summed E-state index contributed by atoms with van der Waals surface area (Å²) in [6.45, 7) is 5.75. The number of hydrogen-bond acceptors (Lipinski definition) is 4. The maximum atomic E-state index is 13.0. The molecule has 4 rings (SSSR count). The fraction of sp³-hybridized carbons (Fsp3) is 0.304. The van der Waals surface area contributed by atoms with Crippen LogP contribution in [0.15, 0.2) is 67.0 Å². The van der Waals surface area contributed by atoms with Crippen molar-refractivity contribution in [1.82, 2.24) is 19.4 Å². The van der Waals surface area contributed by atoms with E-state index in [4.69, 9.17) is 0 Å². The van der Waals surface area contributed by atoms with E-state index in [1.165, 1.54) is 12.1 Å². The number of anilines is 1. The summed E-state index contributed by atoms with van der Waals surface area (Å²) in [5.74, 6) is 0.614. The number of imidazole rings is 1. The van der Waals surface area contributed by atoms with Gasteiger partial charge in [0, 0.05) is 62.9 Å². The zero-order valence-electron chi connectivity index (χ0n) is 16.9. The van der Waals surface area contributed by atoms with Crippen molar-refractivity contribution in [2.75, 3.05) is 44.6 Å². The molecule has 0 atom stereocenters. The maximum Gasteiger partial charge on any atom is 0.238 e. The number of aromatic nitrogens is 2. The summed E-state index contributed by atoms with van der Waals surface area (Å²) in [5.41, 5.74) is 1.74. The Hall–Kier alpha value is -3.03. The molecule has 3 aromatic rings. The molecule has 0 spiro atoms. The van der Waals surface area contributed by atoms with Crippen molar-refractivity contribution in [1.29, 1.82) is 0 Å². The zero-order chi connectivity index (χ0) is 20.8. The normalized spacial score (nSPS) is 15.2. The van der Waals surface area contributed by atoms with E-state index in [0.717, 1.165) is 50.7 Å². The number of nitrogens with zero attached hydrogens (tertiary/aromatic N) is 4. The van der Waals surface area contributed by atoms with Crippen molar-refractivity contribution in [3.8, 4) is 11.4 Å². The lowest BCUT2D eigenvalue weighted by atomic mass is 10.2. The van der Waals surface area contributed by atoms with Gasteiger partial charge in [-0.25, -0.2) is 9.37 Å². The van der Waals surface area contributed by atoms with Crippen LogP contribution < -0.4 is 5.32 Å². The quantitative estimate of drug-likeness (QED) is 0.654. The Bertz CT molecular complexity index is 949. The molecule has 0 aliphatic carbocycles. The fourth-order valence-electron chi connectivity index (χ4n) is 3.69. The summed E-state index contributed by atoms with van der Waals surface area (Å²) in [6, 6.07) is 16.1. The predicted octanol–water partition coefficient (Wildman–Crippen LogP) is 2.95. The average molecular weight is 407 g/mol. The first kappa shape index (κ1) is 20.3. The van der Waals surface area contributed by atoms with Gasteiger partial charge in [0.25, 0.3) is 0 Å². The Labute approximate surface area is 175 Å². The van der Waals surface area contributed by atoms with E-state index in [1.54, 1.807) is 12.1 Å². The van der Waals surface area contributed by atoms with Crippen LogP contribution in [-0.2, 0) is 11.3 Å². The molecule has 0 saturated carbocycles. The molecule has 1 amide bonds. The van der Waals surface area contributed by atoms with Crippen molar-refractivity contribution in [3.63, 3.8) is 0 Å². The number of hydrogen-bond donors (Lipinski definition) is 1. The highest BCUT2D eigenvalue weighted by Crippen LogP contribution is 2.17. The van der Waals surface area contributed by atoms with E-state index in [1.807, 2.05) is 30.6 Å². The molecule has 0 bridgehead atoms. The molecular formula is C23H26FN5O. The first-order chi connectivity index (χ1) is 14.7. The molecule has 1 N–H and O–H groups in total. The van der Waals surface area contributed by atoms with Gasteiger partial charge in [-0.15, -0.1) is 0 Å². The number of amides is 1. The number of carbonyl (C=O) groups excluding carboxylic acids is 1. The SMILES string of the molecule is O=C(CN1CCN(CCn2ccnc2-c2ccccc2)CC1)Nc1ccc(F)cc1. The Morgan fingerprint density at radius 3 is 2.37 bits per heavy atom. The summed E-state index contributed by atoms with van der Waals surface area (Å²) < 4.78 is 15.2. The number of piperazine rings is 1. The van der Waals surface area contributed by atoms with Gasteiger partial charge >= 0.3 is 0 Å². The van der Waals surface area contributed by atoms with E-state index in [-0.39, 0.29) is 11.7 Å². The van der Waals surface area contributed by atoms with E-state index in [9.17, 15) is 9.18 Å².